The number of carbonyl (C=O) groups is 3. The highest BCUT2D eigenvalue weighted by molar-refractivity contribution is 5.96. The molecule has 0 heterocycles. The molecule has 0 aliphatic carbocycles. The van der Waals surface area contributed by atoms with Crippen molar-refractivity contribution in [1.82, 2.24) is 16.0 Å². The lowest BCUT2D eigenvalue weighted by atomic mass is 10.1. The summed E-state index contributed by atoms with van der Waals surface area (Å²) in [7, 11) is 0. The van der Waals surface area contributed by atoms with Crippen molar-refractivity contribution in [2.24, 2.45) is 0 Å². The number of amides is 4. The van der Waals surface area contributed by atoms with Crippen LogP contribution in [0.3, 0.4) is 0 Å². The van der Waals surface area contributed by atoms with Crippen LogP contribution in [-0.4, -0.2) is 37.5 Å². The maximum atomic E-state index is 11.7. The number of aryl methyl sites for hydroxylation is 1. The van der Waals surface area contributed by atoms with E-state index in [0.717, 1.165) is 5.56 Å². The van der Waals surface area contributed by atoms with Gasteiger partial charge < -0.3 is 21.3 Å². The van der Waals surface area contributed by atoms with Gasteiger partial charge in [-0.05, 0) is 37.6 Å². The number of rotatable bonds is 6. The molecule has 1 rings (SSSR count). The molecule has 1 aromatic carbocycles. The summed E-state index contributed by atoms with van der Waals surface area (Å²) in [6, 6.07) is 4.70. The van der Waals surface area contributed by atoms with Gasteiger partial charge in [-0.2, -0.15) is 0 Å². The SMILES string of the molecule is CCNC(=O)c1ccc(NC(=O)NCCNC(C)=O)c(C)c1. The molecule has 0 fully saturated rings. The third-order valence-electron chi connectivity index (χ3n) is 2.86. The minimum atomic E-state index is -0.362. The minimum Gasteiger partial charge on any atom is -0.355 e. The molecule has 7 nitrogen and oxygen atoms in total. The standard InChI is InChI=1S/C15H22N4O3/c1-4-16-14(21)12-5-6-13(10(2)9-12)19-15(22)18-8-7-17-11(3)20/h5-6,9H,4,7-8H2,1-3H3,(H,16,21)(H,17,20)(H2,18,19,22). The summed E-state index contributed by atoms with van der Waals surface area (Å²) >= 11 is 0. The van der Waals surface area contributed by atoms with Gasteiger partial charge in [0.2, 0.25) is 5.91 Å². The first-order chi connectivity index (χ1) is 10.4. The molecule has 1 aromatic rings. The van der Waals surface area contributed by atoms with Gasteiger partial charge in [0.25, 0.3) is 5.91 Å². The second kappa shape index (κ2) is 8.66. The molecule has 0 saturated carbocycles. The molecule has 0 bridgehead atoms. The molecular formula is C15H22N4O3. The predicted octanol–water partition coefficient (Wildman–Crippen LogP) is 1.00. The maximum absolute atomic E-state index is 11.7. The molecule has 7 heteroatoms. The number of nitrogens with one attached hydrogen (secondary N) is 4. The van der Waals surface area contributed by atoms with Crippen LogP contribution in [0.1, 0.15) is 29.8 Å². The highest BCUT2D eigenvalue weighted by Crippen LogP contribution is 2.16. The average Bonchev–Trinajstić information content (AvgIpc) is 2.46. The third-order valence-corrected chi connectivity index (χ3v) is 2.86. The molecule has 0 saturated heterocycles. The van der Waals surface area contributed by atoms with E-state index in [1.54, 1.807) is 18.2 Å². The van der Waals surface area contributed by atoms with Crippen molar-refractivity contribution in [2.75, 3.05) is 25.0 Å². The van der Waals surface area contributed by atoms with E-state index in [9.17, 15) is 14.4 Å². The molecule has 4 N–H and O–H groups in total. The van der Waals surface area contributed by atoms with Gasteiger partial charge in [0, 0.05) is 37.8 Å². The van der Waals surface area contributed by atoms with E-state index >= 15 is 0 Å². The lowest BCUT2D eigenvalue weighted by Crippen LogP contribution is -2.36. The van der Waals surface area contributed by atoms with E-state index in [0.29, 0.717) is 30.9 Å². The first-order valence-electron chi connectivity index (χ1n) is 7.12. The molecule has 0 radical (unpaired) electrons. The van der Waals surface area contributed by atoms with Crippen LogP contribution in [0.4, 0.5) is 10.5 Å². The Hall–Kier alpha value is -2.57. The number of benzene rings is 1. The molecule has 0 atom stereocenters. The summed E-state index contributed by atoms with van der Waals surface area (Å²) in [5.41, 5.74) is 1.97. The Morgan fingerprint density at radius 3 is 2.32 bits per heavy atom. The Balaban J connectivity index is 2.53. The number of carbonyl (C=O) groups excluding carboxylic acids is 3. The van der Waals surface area contributed by atoms with Crippen molar-refractivity contribution < 1.29 is 14.4 Å². The van der Waals surface area contributed by atoms with Crippen molar-refractivity contribution in [3.05, 3.63) is 29.3 Å². The Labute approximate surface area is 129 Å². The zero-order chi connectivity index (χ0) is 16.5. The van der Waals surface area contributed by atoms with Crippen LogP contribution in [0.15, 0.2) is 18.2 Å². The van der Waals surface area contributed by atoms with E-state index in [1.807, 2.05) is 13.8 Å². The second-order valence-electron chi connectivity index (χ2n) is 4.75. The highest BCUT2D eigenvalue weighted by Gasteiger charge is 2.08. The predicted molar refractivity (Wildman–Crippen MR) is 84.9 cm³/mol. The molecule has 120 valence electrons. The summed E-state index contributed by atoms with van der Waals surface area (Å²) in [4.78, 5) is 34.1. The molecule has 0 unspecified atom stereocenters. The number of hydrogen-bond donors (Lipinski definition) is 4. The minimum absolute atomic E-state index is 0.140. The Bertz CT molecular complexity index is 558. The van der Waals surface area contributed by atoms with Gasteiger partial charge in [0.15, 0.2) is 0 Å². The fraction of sp³-hybridized carbons (Fsp3) is 0.400. The second-order valence-corrected chi connectivity index (χ2v) is 4.75. The Morgan fingerprint density at radius 2 is 1.73 bits per heavy atom. The van der Waals surface area contributed by atoms with Gasteiger partial charge in [-0.3, -0.25) is 9.59 Å². The Morgan fingerprint density at radius 1 is 1.05 bits per heavy atom. The smallest absolute Gasteiger partial charge is 0.319 e. The van der Waals surface area contributed by atoms with Gasteiger partial charge in [-0.15, -0.1) is 0 Å². The van der Waals surface area contributed by atoms with Crippen LogP contribution >= 0.6 is 0 Å². The molecule has 0 aliphatic rings. The van der Waals surface area contributed by atoms with Gasteiger partial charge in [-0.25, -0.2) is 4.79 Å². The molecule has 22 heavy (non-hydrogen) atoms. The number of urea groups is 1. The zero-order valence-electron chi connectivity index (χ0n) is 13.1. The summed E-state index contributed by atoms with van der Waals surface area (Å²) < 4.78 is 0. The van der Waals surface area contributed by atoms with Crippen LogP contribution in [-0.2, 0) is 4.79 Å². The first kappa shape index (κ1) is 17.5. The van der Waals surface area contributed by atoms with Gasteiger partial charge in [-0.1, -0.05) is 0 Å². The van der Waals surface area contributed by atoms with E-state index in [-0.39, 0.29) is 17.8 Å². The van der Waals surface area contributed by atoms with Crippen LogP contribution in [0, 0.1) is 6.92 Å². The summed E-state index contributed by atoms with van der Waals surface area (Å²) in [6.45, 7) is 6.36. The fourth-order valence-electron chi connectivity index (χ4n) is 1.79. The molecular weight excluding hydrogens is 284 g/mol. The van der Waals surface area contributed by atoms with E-state index < -0.39 is 0 Å². The van der Waals surface area contributed by atoms with Crippen molar-refractivity contribution in [3.8, 4) is 0 Å². The lowest BCUT2D eigenvalue weighted by Gasteiger charge is -2.11. The van der Waals surface area contributed by atoms with Crippen molar-refractivity contribution in [3.63, 3.8) is 0 Å². The van der Waals surface area contributed by atoms with E-state index in [1.165, 1.54) is 6.92 Å². The zero-order valence-corrected chi connectivity index (χ0v) is 13.1. The monoisotopic (exact) mass is 306 g/mol. The van der Waals surface area contributed by atoms with Crippen molar-refractivity contribution in [1.29, 1.82) is 0 Å². The van der Waals surface area contributed by atoms with Crippen LogP contribution in [0.5, 0.6) is 0 Å². The average molecular weight is 306 g/mol. The molecule has 0 aliphatic heterocycles. The number of anilines is 1. The topological polar surface area (TPSA) is 99.3 Å². The summed E-state index contributed by atoms with van der Waals surface area (Å²) in [6.07, 6.45) is 0. The van der Waals surface area contributed by atoms with Gasteiger partial charge >= 0.3 is 6.03 Å². The molecule has 0 aromatic heterocycles. The molecule has 4 amide bonds. The lowest BCUT2D eigenvalue weighted by molar-refractivity contribution is -0.118. The van der Waals surface area contributed by atoms with Crippen LogP contribution < -0.4 is 21.3 Å². The first-order valence-corrected chi connectivity index (χ1v) is 7.12. The summed E-state index contributed by atoms with van der Waals surface area (Å²) in [5, 5.41) is 10.6. The van der Waals surface area contributed by atoms with Crippen LogP contribution in [0.2, 0.25) is 0 Å². The van der Waals surface area contributed by atoms with Crippen molar-refractivity contribution in [2.45, 2.75) is 20.8 Å². The van der Waals surface area contributed by atoms with Gasteiger partial charge in [0.05, 0.1) is 0 Å². The van der Waals surface area contributed by atoms with E-state index in [4.69, 9.17) is 0 Å². The fourth-order valence-corrected chi connectivity index (χ4v) is 1.79. The third kappa shape index (κ3) is 5.82. The highest BCUT2D eigenvalue weighted by atomic mass is 16.2. The molecule has 0 spiro atoms. The normalized spacial score (nSPS) is 9.77. The van der Waals surface area contributed by atoms with Gasteiger partial charge in [0.1, 0.15) is 0 Å². The van der Waals surface area contributed by atoms with E-state index in [2.05, 4.69) is 21.3 Å². The quantitative estimate of drug-likeness (QED) is 0.590. The maximum Gasteiger partial charge on any atom is 0.319 e. The largest absolute Gasteiger partial charge is 0.355 e. The van der Waals surface area contributed by atoms with Crippen LogP contribution in [0.25, 0.3) is 0 Å². The summed E-state index contributed by atoms with van der Waals surface area (Å²) in [5.74, 6) is -0.282. The number of hydrogen-bond acceptors (Lipinski definition) is 3. The Kier molecular flexibility index (Phi) is 6.88. The van der Waals surface area contributed by atoms with Crippen molar-refractivity contribution >= 4 is 23.5 Å².